The summed E-state index contributed by atoms with van der Waals surface area (Å²) < 4.78 is 1.80. The molecule has 108 valence electrons. The van der Waals surface area contributed by atoms with Crippen LogP contribution in [0.5, 0.6) is 5.75 Å². The van der Waals surface area contributed by atoms with Crippen LogP contribution in [0.15, 0.2) is 24.4 Å². The van der Waals surface area contributed by atoms with Gasteiger partial charge in [-0.05, 0) is 25.1 Å². The molecule has 0 radical (unpaired) electrons. The number of hydrogen-bond acceptors (Lipinski definition) is 4. The molecule has 3 aromatic rings. The summed E-state index contributed by atoms with van der Waals surface area (Å²) in [5.41, 5.74) is 3.38. The van der Waals surface area contributed by atoms with E-state index < -0.39 is 0 Å². The van der Waals surface area contributed by atoms with Crippen LogP contribution in [-0.4, -0.2) is 32.5 Å². The number of aromatic amines is 1. The molecular weight excluding hydrogens is 268 g/mol. The van der Waals surface area contributed by atoms with Gasteiger partial charge in [-0.25, -0.2) is 4.98 Å². The van der Waals surface area contributed by atoms with Gasteiger partial charge >= 0.3 is 0 Å². The third-order valence-corrected chi connectivity index (χ3v) is 3.54. The number of benzene rings is 1. The number of carbonyl (C=O) groups excluding carboxylic acids is 1. The second-order valence-corrected chi connectivity index (χ2v) is 4.97. The fraction of sp³-hybridized carbons (Fsp3) is 0.200. The Hall–Kier alpha value is -2.76. The molecule has 2 heterocycles. The fourth-order valence-electron chi connectivity index (χ4n) is 2.42. The average Bonchev–Trinajstić information content (AvgIpc) is 2.98. The minimum Gasteiger partial charge on any atom is -0.504 e. The molecule has 0 fully saturated rings. The van der Waals surface area contributed by atoms with E-state index in [-0.39, 0.29) is 11.5 Å². The van der Waals surface area contributed by atoms with E-state index >= 15 is 0 Å². The van der Waals surface area contributed by atoms with Crippen molar-refractivity contribution in [2.75, 3.05) is 12.4 Å². The topological polar surface area (TPSA) is 82.9 Å². The second-order valence-electron chi connectivity index (χ2n) is 4.97. The Bertz CT molecular complexity index is 845. The standard InChI is InChI=1S/C15H16N4O2/c1-8(20)9-4-5-10-11(6-9)18-15(17-10)13-14(21)12(16-2)7-19(13)3/h4-7,16,21H,1-3H3,(H,17,18). The van der Waals surface area contributed by atoms with Crippen molar-refractivity contribution in [1.82, 2.24) is 14.5 Å². The normalized spacial score (nSPS) is 11.0. The Morgan fingerprint density at radius 3 is 2.81 bits per heavy atom. The molecule has 6 heteroatoms. The van der Waals surface area contributed by atoms with Crippen LogP contribution in [-0.2, 0) is 7.05 Å². The summed E-state index contributed by atoms with van der Waals surface area (Å²) in [6, 6.07) is 5.32. The molecule has 0 aliphatic rings. The number of imidazole rings is 1. The highest BCUT2D eigenvalue weighted by molar-refractivity contribution is 5.97. The van der Waals surface area contributed by atoms with Crippen molar-refractivity contribution in [1.29, 1.82) is 0 Å². The van der Waals surface area contributed by atoms with Crippen molar-refractivity contribution in [3.05, 3.63) is 30.0 Å². The Balaban J connectivity index is 2.17. The van der Waals surface area contributed by atoms with Gasteiger partial charge in [0.25, 0.3) is 0 Å². The molecular formula is C15H16N4O2. The summed E-state index contributed by atoms with van der Waals surface area (Å²) in [5.74, 6) is 0.713. The van der Waals surface area contributed by atoms with Gasteiger partial charge in [-0.2, -0.15) is 0 Å². The fourth-order valence-corrected chi connectivity index (χ4v) is 2.42. The van der Waals surface area contributed by atoms with Crippen LogP contribution >= 0.6 is 0 Å². The van der Waals surface area contributed by atoms with E-state index in [4.69, 9.17) is 0 Å². The molecule has 0 saturated carbocycles. The van der Waals surface area contributed by atoms with Crippen LogP contribution in [0, 0.1) is 0 Å². The first-order chi connectivity index (χ1) is 10.0. The molecule has 0 spiro atoms. The van der Waals surface area contributed by atoms with Crippen molar-refractivity contribution in [3.8, 4) is 17.3 Å². The Morgan fingerprint density at radius 1 is 1.43 bits per heavy atom. The van der Waals surface area contributed by atoms with Gasteiger partial charge in [0.05, 0.1) is 16.7 Å². The van der Waals surface area contributed by atoms with Crippen LogP contribution in [0.3, 0.4) is 0 Å². The van der Waals surface area contributed by atoms with Crippen molar-refractivity contribution >= 4 is 22.5 Å². The lowest BCUT2D eigenvalue weighted by Gasteiger charge is -1.99. The lowest BCUT2D eigenvalue weighted by Crippen LogP contribution is -1.91. The monoisotopic (exact) mass is 284 g/mol. The summed E-state index contributed by atoms with van der Waals surface area (Å²) in [5, 5.41) is 13.2. The predicted octanol–water partition coefficient (Wildman–Crippen LogP) is 2.52. The molecule has 1 aromatic carbocycles. The first-order valence-electron chi connectivity index (χ1n) is 6.58. The van der Waals surface area contributed by atoms with Crippen molar-refractivity contribution in [3.63, 3.8) is 0 Å². The summed E-state index contributed by atoms with van der Waals surface area (Å²) in [7, 11) is 3.58. The van der Waals surface area contributed by atoms with Crippen molar-refractivity contribution in [2.45, 2.75) is 6.92 Å². The third kappa shape index (κ3) is 2.05. The van der Waals surface area contributed by atoms with Gasteiger partial charge in [-0.3, -0.25) is 4.79 Å². The minimum absolute atomic E-state index is 0.00670. The molecule has 0 amide bonds. The smallest absolute Gasteiger partial charge is 0.168 e. The van der Waals surface area contributed by atoms with Gasteiger partial charge in [0, 0.05) is 25.9 Å². The van der Waals surface area contributed by atoms with E-state index in [0.29, 0.717) is 22.8 Å². The van der Waals surface area contributed by atoms with Crippen LogP contribution < -0.4 is 5.32 Å². The summed E-state index contributed by atoms with van der Waals surface area (Å²) >= 11 is 0. The average molecular weight is 284 g/mol. The first kappa shape index (κ1) is 13.2. The third-order valence-electron chi connectivity index (χ3n) is 3.54. The van der Waals surface area contributed by atoms with E-state index in [1.165, 1.54) is 6.92 Å². The van der Waals surface area contributed by atoms with E-state index in [1.54, 1.807) is 36.0 Å². The van der Waals surface area contributed by atoms with Crippen LogP contribution in [0.1, 0.15) is 17.3 Å². The highest BCUT2D eigenvalue weighted by atomic mass is 16.3. The Morgan fingerprint density at radius 2 is 2.19 bits per heavy atom. The molecule has 0 aliphatic heterocycles. The zero-order valence-electron chi connectivity index (χ0n) is 12.1. The highest BCUT2D eigenvalue weighted by Gasteiger charge is 2.17. The van der Waals surface area contributed by atoms with Crippen LogP contribution in [0.2, 0.25) is 0 Å². The lowest BCUT2D eigenvalue weighted by atomic mass is 10.1. The van der Waals surface area contributed by atoms with Gasteiger partial charge in [0.2, 0.25) is 0 Å². The largest absolute Gasteiger partial charge is 0.504 e. The maximum absolute atomic E-state index is 11.4. The number of fused-ring (bicyclic) bond motifs is 1. The summed E-state index contributed by atoms with van der Waals surface area (Å²) in [6.45, 7) is 1.53. The number of H-pyrrole nitrogens is 1. The van der Waals surface area contributed by atoms with E-state index in [1.807, 2.05) is 7.05 Å². The molecule has 2 aromatic heterocycles. The molecule has 0 saturated heterocycles. The molecule has 21 heavy (non-hydrogen) atoms. The number of Topliss-reactive ketones (excluding diaryl/α,β-unsaturated/α-hetero) is 1. The molecule has 0 unspecified atom stereocenters. The van der Waals surface area contributed by atoms with Gasteiger partial charge in [0.15, 0.2) is 17.4 Å². The van der Waals surface area contributed by atoms with E-state index in [0.717, 1.165) is 11.0 Å². The molecule has 6 nitrogen and oxygen atoms in total. The number of nitrogens with one attached hydrogen (secondary N) is 2. The molecule has 3 N–H and O–H groups in total. The first-order valence-corrected chi connectivity index (χ1v) is 6.58. The van der Waals surface area contributed by atoms with Crippen LogP contribution in [0.4, 0.5) is 5.69 Å². The molecule has 0 bridgehead atoms. The SMILES string of the molecule is CNc1cn(C)c(-c2nc3ccc(C(C)=O)cc3[nH]2)c1O. The van der Waals surface area contributed by atoms with Gasteiger partial charge in [-0.1, -0.05) is 0 Å². The summed E-state index contributed by atoms with van der Waals surface area (Å²) in [6.07, 6.45) is 1.79. The van der Waals surface area contributed by atoms with Crippen LogP contribution in [0.25, 0.3) is 22.6 Å². The van der Waals surface area contributed by atoms with E-state index in [2.05, 4.69) is 15.3 Å². The van der Waals surface area contributed by atoms with Gasteiger partial charge in [0.1, 0.15) is 5.69 Å². The zero-order valence-corrected chi connectivity index (χ0v) is 12.1. The number of aryl methyl sites for hydroxylation is 1. The number of rotatable bonds is 3. The number of nitrogens with zero attached hydrogens (tertiary/aromatic N) is 2. The number of aromatic hydroxyl groups is 1. The van der Waals surface area contributed by atoms with Crippen molar-refractivity contribution in [2.24, 2.45) is 7.05 Å². The number of carbonyl (C=O) groups is 1. The molecule has 0 atom stereocenters. The summed E-state index contributed by atoms with van der Waals surface area (Å²) in [4.78, 5) is 19.1. The zero-order chi connectivity index (χ0) is 15.1. The van der Waals surface area contributed by atoms with Gasteiger partial charge in [-0.15, -0.1) is 0 Å². The van der Waals surface area contributed by atoms with E-state index in [9.17, 15) is 9.90 Å². The number of anilines is 1. The maximum Gasteiger partial charge on any atom is 0.168 e. The molecule has 3 rings (SSSR count). The number of hydrogen-bond donors (Lipinski definition) is 3. The molecule has 0 aliphatic carbocycles. The second kappa shape index (κ2) is 4.66. The number of aromatic nitrogens is 3. The number of ketones is 1. The van der Waals surface area contributed by atoms with Crippen molar-refractivity contribution < 1.29 is 9.90 Å². The maximum atomic E-state index is 11.4. The Kier molecular flexibility index (Phi) is 2.94. The predicted molar refractivity (Wildman–Crippen MR) is 81.7 cm³/mol. The lowest BCUT2D eigenvalue weighted by molar-refractivity contribution is 0.101. The van der Waals surface area contributed by atoms with Gasteiger partial charge < -0.3 is 20.0 Å². The quantitative estimate of drug-likeness (QED) is 0.645. The minimum atomic E-state index is 0.00670. The highest BCUT2D eigenvalue weighted by Crippen LogP contribution is 2.36. The Labute approximate surface area is 121 Å².